The maximum Gasteiger partial charge on any atom is 0.145 e. The van der Waals surface area contributed by atoms with Crippen molar-refractivity contribution < 1.29 is 4.74 Å². The zero-order valence-electron chi connectivity index (χ0n) is 10.8. The highest BCUT2D eigenvalue weighted by Crippen LogP contribution is 2.40. The quantitative estimate of drug-likeness (QED) is 0.766. The van der Waals surface area contributed by atoms with Gasteiger partial charge in [0.2, 0.25) is 0 Å². The van der Waals surface area contributed by atoms with Crippen molar-refractivity contribution >= 4 is 38.4 Å². The molecule has 0 aliphatic carbocycles. The maximum absolute atomic E-state index is 6.55. The van der Waals surface area contributed by atoms with E-state index in [1.165, 1.54) is 0 Å². The van der Waals surface area contributed by atoms with Gasteiger partial charge in [-0.1, -0.05) is 41.4 Å². The number of aromatic nitrogens is 1. The van der Waals surface area contributed by atoms with E-state index in [0.717, 1.165) is 37.4 Å². The van der Waals surface area contributed by atoms with E-state index in [9.17, 15) is 0 Å². The van der Waals surface area contributed by atoms with Gasteiger partial charge in [-0.25, -0.2) is 4.98 Å². The van der Waals surface area contributed by atoms with Crippen LogP contribution in [-0.4, -0.2) is 12.1 Å². The van der Waals surface area contributed by atoms with Crippen molar-refractivity contribution in [3.8, 4) is 5.75 Å². The first-order chi connectivity index (χ1) is 8.47. The summed E-state index contributed by atoms with van der Waals surface area (Å²) >= 11 is 10.1. The van der Waals surface area contributed by atoms with Gasteiger partial charge in [0.05, 0.1) is 12.1 Å². The third-order valence-corrected chi connectivity index (χ3v) is 4.07. The van der Waals surface area contributed by atoms with Gasteiger partial charge in [-0.05, 0) is 30.5 Å². The second kappa shape index (κ2) is 5.06. The zero-order chi connectivity index (χ0) is 13.4. The van der Waals surface area contributed by atoms with Crippen LogP contribution >= 0.6 is 27.5 Å². The van der Waals surface area contributed by atoms with Crippen LogP contribution in [0.5, 0.6) is 5.75 Å². The highest BCUT2D eigenvalue weighted by molar-refractivity contribution is 9.10. The molecule has 0 N–H and O–H groups in total. The standard InChI is InChI=1S/C14H15BrClNO/c1-7(2)11-8(3)17-14-10(18-4)6-5-9(15)12(14)13(11)16/h5-7H,1-4H3. The van der Waals surface area contributed by atoms with Crippen LogP contribution < -0.4 is 4.74 Å². The molecule has 18 heavy (non-hydrogen) atoms. The lowest BCUT2D eigenvalue weighted by molar-refractivity contribution is 0.418. The molecule has 0 unspecified atom stereocenters. The molecular formula is C14H15BrClNO. The first-order valence-corrected chi connectivity index (χ1v) is 6.96. The van der Waals surface area contributed by atoms with Crippen molar-refractivity contribution in [1.82, 2.24) is 4.98 Å². The molecule has 0 amide bonds. The molecule has 1 aromatic heterocycles. The van der Waals surface area contributed by atoms with E-state index in [2.05, 4.69) is 34.8 Å². The van der Waals surface area contributed by atoms with E-state index in [4.69, 9.17) is 16.3 Å². The number of hydrogen-bond acceptors (Lipinski definition) is 2. The van der Waals surface area contributed by atoms with Gasteiger partial charge in [-0.15, -0.1) is 0 Å². The molecule has 96 valence electrons. The molecule has 1 aromatic carbocycles. The summed E-state index contributed by atoms with van der Waals surface area (Å²) in [6.07, 6.45) is 0. The van der Waals surface area contributed by atoms with Gasteiger partial charge >= 0.3 is 0 Å². The Balaban J connectivity index is 2.94. The molecule has 0 aliphatic heterocycles. The van der Waals surface area contributed by atoms with Crippen molar-refractivity contribution in [3.63, 3.8) is 0 Å². The van der Waals surface area contributed by atoms with Crippen molar-refractivity contribution in [3.05, 3.63) is 32.9 Å². The summed E-state index contributed by atoms with van der Waals surface area (Å²) in [6, 6.07) is 3.83. The first-order valence-electron chi connectivity index (χ1n) is 5.79. The Hall–Kier alpha value is -0.800. The Morgan fingerprint density at radius 2 is 2.00 bits per heavy atom. The molecule has 0 bridgehead atoms. The summed E-state index contributed by atoms with van der Waals surface area (Å²) in [5.74, 6) is 1.08. The summed E-state index contributed by atoms with van der Waals surface area (Å²) < 4.78 is 6.29. The molecule has 0 saturated carbocycles. The van der Waals surface area contributed by atoms with Crippen LogP contribution in [0.25, 0.3) is 10.9 Å². The van der Waals surface area contributed by atoms with Gasteiger partial charge in [0.1, 0.15) is 11.3 Å². The predicted octanol–water partition coefficient (Wildman–Crippen LogP) is 5.09. The number of methoxy groups -OCH3 is 1. The Kier molecular flexibility index (Phi) is 3.83. The topological polar surface area (TPSA) is 22.1 Å². The number of hydrogen-bond donors (Lipinski definition) is 0. The average molecular weight is 329 g/mol. The number of benzene rings is 1. The number of rotatable bonds is 2. The largest absolute Gasteiger partial charge is 0.494 e. The van der Waals surface area contributed by atoms with Crippen LogP contribution in [0.4, 0.5) is 0 Å². The maximum atomic E-state index is 6.55. The van der Waals surface area contributed by atoms with Crippen molar-refractivity contribution in [1.29, 1.82) is 0 Å². The highest BCUT2D eigenvalue weighted by atomic mass is 79.9. The summed E-state index contributed by atoms with van der Waals surface area (Å²) in [5.41, 5.74) is 2.86. The Morgan fingerprint density at radius 1 is 1.33 bits per heavy atom. The first kappa shape index (κ1) is 13.6. The molecular weight excluding hydrogens is 314 g/mol. The van der Waals surface area contributed by atoms with E-state index < -0.39 is 0 Å². The number of pyridine rings is 1. The average Bonchev–Trinajstić information content (AvgIpc) is 2.28. The summed E-state index contributed by atoms with van der Waals surface area (Å²) in [6.45, 7) is 6.23. The minimum absolute atomic E-state index is 0.340. The van der Waals surface area contributed by atoms with Crippen LogP contribution in [0.3, 0.4) is 0 Å². The normalized spacial score (nSPS) is 11.3. The molecule has 2 aromatic rings. The van der Waals surface area contributed by atoms with Gasteiger partial charge in [0.25, 0.3) is 0 Å². The molecule has 0 radical (unpaired) electrons. The lowest BCUT2D eigenvalue weighted by Gasteiger charge is -2.16. The van der Waals surface area contributed by atoms with Crippen LogP contribution in [0.2, 0.25) is 5.02 Å². The Bertz CT molecular complexity index is 611. The second-order valence-electron chi connectivity index (χ2n) is 4.55. The number of ether oxygens (including phenoxy) is 1. The van der Waals surface area contributed by atoms with Crippen LogP contribution in [-0.2, 0) is 0 Å². The highest BCUT2D eigenvalue weighted by Gasteiger charge is 2.18. The number of fused-ring (bicyclic) bond motifs is 1. The van der Waals surface area contributed by atoms with E-state index in [1.54, 1.807) is 7.11 Å². The van der Waals surface area contributed by atoms with E-state index in [-0.39, 0.29) is 0 Å². The van der Waals surface area contributed by atoms with Crippen LogP contribution in [0.15, 0.2) is 16.6 Å². The predicted molar refractivity (Wildman–Crippen MR) is 79.8 cm³/mol. The van der Waals surface area contributed by atoms with Crippen LogP contribution in [0.1, 0.15) is 31.0 Å². The summed E-state index contributed by atoms with van der Waals surface area (Å²) in [4.78, 5) is 4.65. The second-order valence-corrected chi connectivity index (χ2v) is 5.79. The van der Waals surface area contributed by atoms with Gasteiger partial charge in [0.15, 0.2) is 0 Å². The van der Waals surface area contributed by atoms with Gasteiger partial charge in [-0.2, -0.15) is 0 Å². The monoisotopic (exact) mass is 327 g/mol. The lowest BCUT2D eigenvalue weighted by atomic mass is 9.99. The smallest absolute Gasteiger partial charge is 0.145 e. The lowest BCUT2D eigenvalue weighted by Crippen LogP contribution is -2.00. The minimum Gasteiger partial charge on any atom is -0.494 e. The Morgan fingerprint density at radius 3 is 2.56 bits per heavy atom. The summed E-state index contributed by atoms with van der Waals surface area (Å²) in [7, 11) is 1.64. The fraction of sp³-hybridized carbons (Fsp3) is 0.357. The molecule has 0 spiro atoms. The molecule has 2 rings (SSSR count). The third-order valence-electron chi connectivity index (χ3n) is 3.01. The van der Waals surface area contributed by atoms with Gasteiger partial charge in [-0.3, -0.25) is 0 Å². The molecule has 0 fully saturated rings. The zero-order valence-corrected chi connectivity index (χ0v) is 13.2. The van der Waals surface area contributed by atoms with E-state index in [0.29, 0.717) is 5.92 Å². The molecule has 4 heteroatoms. The molecule has 2 nitrogen and oxygen atoms in total. The van der Waals surface area contributed by atoms with Crippen LogP contribution in [0, 0.1) is 6.92 Å². The third kappa shape index (κ3) is 2.10. The van der Waals surface area contributed by atoms with E-state index >= 15 is 0 Å². The number of halogens is 2. The van der Waals surface area contributed by atoms with Gasteiger partial charge in [0, 0.05) is 15.6 Å². The van der Waals surface area contributed by atoms with E-state index in [1.807, 2.05) is 19.1 Å². The van der Waals surface area contributed by atoms with Gasteiger partial charge < -0.3 is 4.74 Å². The van der Waals surface area contributed by atoms with Crippen molar-refractivity contribution in [2.45, 2.75) is 26.7 Å². The molecule has 0 atom stereocenters. The SMILES string of the molecule is COc1ccc(Br)c2c(Cl)c(C(C)C)c(C)nc12. The van der Waals surface area contributed by atoms with Crippen molar-refractivity contribution in [2.75, 3.05) is 7.11 Å². The minimum atomic E-state index is 0.340. The summed E-state index contributed by atoms with van der Waals surface area (Å²) in [5, 5.41) is 1.68. The fourth-order valence-electron chi connectivity index (χ4n) is 2.22. The fourth-order valence-corrected chi connectivity index (χ4v) is 3.40. The molecule has 1 heterocycles. The van der Waals surface area contributed by atoms with Crippen molar-refractivity contribution in [2.24, 2.45) is 0 Å². The Labute approximate surface area is 120 Å². The molecule has 0 saturated heterocycles. The number of aryl methyl sites for hydroxylation is 1. The molecule has 0 aliphatic rings. The number of nitrogens with zero attached hydrogens (tertiary/aromatic N) is 1.